The molecule has 0 unspecified atom stereocenters. The molecule has 6 rings (SSSR count). The molecule has 8 nitrogen and oxygen atoms in total. The van der Waals surface area contributed by atoms with Gasteiger partial charge in [-0.3, -0.25) is 9.59 Å². The Balaban J connectivity index is 1.22. The van der Waals surface area contributed by atoms with Crippen LogP contribution >= 0.6 is 0 Å². The minimum atomic E-state index is -0.157. The smallest absolute Gasteiger partial charge is 0.275 e. The molecule has 1 aliphatic carbocycles. The first-order chi connectivity index (χ1) is 19.1. The summed E-state index contributed by atoms with van der Waals surface area (Å²) in [6.45, 7) is 5.07. The molecule has 1 atom stereocenters. The van der Waals surface area contributed by atoms with Crippen molar-refractivity contribution in [3.8, 4) is 5.75 Å². The summed E-state index contributed by atoms with van der Waals surface area (Å²) in [4.78, 5) is 34.5. The van der Waals surface area contributed by atoms with E-state index in [0.717, 1.165) is 49.8 Å². The number of carbonyl (C=O) groups excluding carboxylic acids is 2. The molecule has 204 valence electrons. The lowest BCUT2D eigenvalue weighted by Gasteiger charge is -2.39. The van der Waals surface area contributed by atoms with Crippen molar-refractivity contribution in [1.29, 1.82) is 0 Å². The van der Waals surface area contributed by atoms with Crippen LogP contribution in [0, 0.1) is 12.8 Å². The van der Waals surface area contributed by atoms with E-state index in [4.69, 9.17) is 13.9 Å². The maximum absolute atomic E-state index is 13.7. The van der Waals surface area contributed by atoms with E-state index in [2.05, 4.69) is 53.2 Å². The topological polar surface area (TPSA) is 85.1 Å². The van der Waals surface area contributed by atoms with Crippen LogP contribution in [-0.4, -0.2) is 59.4 Å². The van der Waals surface area contributed by atoms with Gasteiger partial charge in [0, 0.05) is 25.6 Å². The Morgan fingerprint density at radius 1 is 1.03 bits per heavy atom. The lowest BCUT2D eigenvalue weighted by atomic mass is 9.86. The highest BCUT2D eigenvalue weighted by molar-refractivity contribution is 5.92. The number of hydrogen-bond donors (Lipinski definition) is 0. The van der Waals surface area contributed by atoms with E-state index in [1.807, 2.05) is 6.07 Å². The van der Waals surface area contributed by atoms with Crippen molar-refractivity contribution in [2.24, 2.45) is 5.92 Å². The van der Waals surface area contributed by atoms with Crippen LogP contribution in [-0.2, 0) is 22.6 Å². The molecule has 3 aromatic rings. The van der Waals surface area contributed by atoms with Crippen LogP contribution in [0.4, 0.5) is 0 Å². The molecule has 0 bridgehead atoms. The number of benzene rings is 2. The molecule has 3 aliphatic rings. The van der Waals surface area contributed by atoms with Gasteiger partial charge in [-0.2, -0.15) is 0 Å². The highest BCUT2D eigenvalue weighted by atomic mass is 16.5. The summed E-state index contributed by atoms with van der Waals surface area (Å²) in [6, 6.07) is 14.5. The van der Waals surface area contributed by atoms with Gasteiger partial charge in [0.2, 0.25) is 11.8 Å². The summed E-state index contributed by atoms with van der Waals surface area (Å²) in [5, 5.41) is 0. The molecule has 2 aliphatic heterocycles. The number of oxazole rings is 1. The lowest BCUT2D eigenvalue weighted by molar-refractivity contribution is -0.137. The lowest BCUT2D eigenvalue weighted by Crippen LogP contribution is -2.43. The molecule has 39 heavy (non-hydrogen) atoms. The summed E-state index contributed by atoms with van der Waals surface area (Å²) < 4.78 is 17.0. The molecular weight excluding hydrogens is 494 g/mol. The van der Waals surface area contributed by atoms with Crippen molar-refractivity contribution in [3.63, 3.8) is 0 Å². The fourth-order valence-corrected chi connectivity index (χ4v) is 5.98. The van der Waals surface area contributed by atoms with Crippen molar-refractivity contribution in [3.05, 3.63) is 82.6 Å². The van der Waals surface area contributed by atoms with Crippen LogP contribution in [0.2, 0.25) is 0 Å². The molecule has 0 spiro atoms. The van der Waals surface area contributed by atoms with Crippen LogP contribution in [0.15, 0.2) is 53.1 Å². The molecule has 8 heteroatoms. The van der Waals surface area contributed by atoms with Crippen LogP contribution in [0.5, 0.6) is 5.75 Å². The molecule has 2 amide bonds. The van der Waals surface area contributed by atoms with Gasteiger partial charge in [-0.1, -0.05) is 48.7 Å². The predicted octanol–water partition coefficient (Wildman–Crippen LogP) is 4.70. The fourth-order valence-electron chi connectivity index (χ4n) is 5.98. The number of ether oxygens (including phenoxy) is 2. The first kappa shape index (κ1) is 25.6. The monoisotopic (exact) mass is 529 g/mol. The van der Waals surface area contributed by atoms with E-state index in [-0.39, 0.29) is 36.1 Å². The molecule has 1 saturated heterocycles. The number of hydrogen-bond acceptors (Lipinski definition) is 6. The zero-order chi connectivity index (χ0) is 26.8. The third kappa shape index (κ3) is 5.43. The highest BCUT2D eigenvalue weighted by Gasteiger charge is 2.36. The number of morpholine rings is 1. The van der Waals surface area contributed by atoms with Crippen LogP contribution in [0.3, 0.4) is 0 Å². The molecule has 1 saturated carbocycles. The molecule has 0 N–H and O–H groups in total. The Kier molecular flexibility index (Phi) is 7.37. The maximum atomic E-state index is 13.7. The normalized spacial score (nSPS) is 19.7. The number of carbonyl (C=O) groups is 2. The van der Waals surface area contributed by atoms with Crippen LogP contribution in [0.25, 0.3) is 0 Å². The Morgan fingerprint density at radius 2 is 1.79 bits per heavy atom. The molecule has 2 fully saturated rings. The second-order valence-electron chi connectivity index (χ2n) is 10.8. The van der Waals surface area contributed by atoms with Gasteiger partial charge in [0.15, 0.2) is 12.3 Å². The molecule has 0 radical (unpaired) electrons. The van der Waals surface area contributed by atoms with E-state index in [0.29, 0.717) is 37.9 Å². The van der Waals surface area contributed by atoms with Gasteiger partial charge in [-0.05, 0) is 55.0 Å². The van der Waals surface area contributed by atoms with Crippen LogP contribution < -0.4 is 4.74 Å². The van der Waals surface area contributed by atoms with E-state index < -0.39 is 0 Å². The summed E-state index contributed by atoms with van der Waals surface area (Å²) in [7, 11) is 0. The zero-order valence-electron chi connectivity index (χ0n) is 22.4. The highest BCUT2D eigenvalue weighted by Crippen LogP contribution is 2.40. The first-order valence-corrected chi connectivity index (χ1v) is 14.0. The third-order valence-corrected chi connectivity index (χ3v) is 8.16. The SMILES string of the molecule is Cc1ccc([C@H]2c3cc(OCc4nc(C(=O)N5CCOCC5)co4)ccc3CCN2C(=O)C2CCCC2)cc1. The van der Waals surface area contributed by atoms with E-state index in [1.54, 1.807) is 4.90 Å². The Morgan fingerprint density at radius 3 is 2.56 bits per heavy atom. The number of rotatable bonds is 6. The average molecular weight is 530 g/mol. The number of amides is 2. The average Bonchev–Trinajstić information content (AvgIpc) is 3.69. The van der Waals surface area contributed by atoms with Gasteiger partial charge >= 0.3 is 0 Å². The Hall–Kier alpha value is -3.65. The van der Waals surface area contributed by atoms with Crippen molar-refractivity contribution < 1.29 is 23.5 Å². The molecule has 2 aromatic carbocycles. The fraction of sp³-hybridized carbons (Fsp3) is 0.452. The van der Waals surface area contributed by atoms with Crippen molar-refractivity contribution in [2.75, 3.05) is 32.8 Å². The number of nitrogens with zero attached hydrogens (tertiary/aromatic N) is 3. The van der Waals surface area contributed by atoms with Gasteiger partial charge in [0.25, 0.3) is 5.91 Å². The second kappa shape index (κ2) is 11.2. The number of aryl methyl sites for hydroxylation is 1. The predicted molar refractivity (Wildman–Crippen MR) is 144 cm³/mol. The summed E-state index contributed by atoms with van der Waals surface area (Å²) in [6.07, 6.45) is 6.45. The second-order valence-corrected chi connectivity index (χ2v) is 10.8. The molecular formula is C31H35N3O5. The van der Waals surface area contributed by atoms with E-state index >= 15 is 0 Å². The number of fused-ring (bicyclic) bond motifs is 1. The zero-order valence-corrected chi connectivity index (χ0v) is 22.4. The first-order valence-electron chi connectivity index (χ1n) is 14.0. The van der Waals surface area contributed by atoms with Gasteiger partial charge in [0.1, 0.15) is 12.0 Å². The summed E-state index contributed by atoms with van der Waals surface area (Å²) in [5.41, 5.74) is 4.92. The van der Waals surface area contributed by atoms with Gasteiger partial charge in [0.05, 0.1) is 19.3 Å². The standard InChI is InChI=1S/C31H35N3O5/c1-21-6-8-23(9-7-21)29-26-18-25(11-10-22(26)12-13-34(29)30(35)24-4-2-3-5-24)38-20-28-32-27(19-39-28)31(36)33-14-16-37-17-15-33/h6-11,18-19,24,29H,2-5,12-17,20H2,1H3/t29-/m0/s1. The minimum absolute atomic E-state index is 0.106. The largest absolute Gasteiger partial charge is 0.484 e. The summed E-state index contributed by atoms with van der Waals surface area (Å²) >= 11 is 0. The van der Waals surface area contributed by atoms with E-state index in [9.17, 15) is 9.59 Å². The summed E-state index contributed by atoms with van der Waals surface area (Å²) in [5.74, 6) is 1.26. The molecule has 3 heterocycles. The van der Waals surface area contributed by atoms with Gasteiger partial charge in [-0.15, -0.1) is 0 Å². The third-order valence-electron chi connectivity index (χ3n) is 8.16. The van der Waals surface area contributed by atoms with Gasteiger partial charge < -0.3 is 23.7 Å². The maximum Gasteiger partial charge on any atom is 0.275 e. The minimum Gasteiger partial charge on any atom is -0.484 e. The quantitative estimate of drug-likeness (QED) is 0.460. The van der Waals surface area contributed by atoms with Gasteiger partial charge in [-0.25, -0.2) is 4.98 Å². The van der Waals surface area contributed by atoms with E-state index in [1.165, 1.54) is 17.4 Å². The van der Waals surface area contributed by atoms with Crippen LogP contribution in [0.1, 0.15) is 70.4 Å². The van der Waals surface area contributed by atoms with Crippen molar-refractivity contribution in [1.82, 2.24) is 14.8 Å². The molecule has 1 aromatic heterocycles. The Labute approximate surface area is 228 Å². The van der Waals surface area contributed by atoms with Crippen molar-refractivity contribution in [2.45, 2.75) is 51.7 Å². The van der Waals surface area contributed by atoms with Crippen molar-refractivity contribution >= 4 is 11.8 Å². The number of aromatic nitrogens is 1. The Bertz CT molecular complexity index is 1320.